The van der Waals surface area contributed by atoms with Gasteiger partial charge >= 0.3 is 5.97 Å². The van der Waals surface area contributed by atoms with Gasteiger partial charge in [0, 0.05) is 7.05 Å². The Kier molecular flexibility index (Phi) is 5.39. The van der Waals surface area contributed by atoms with E-state index in [1.165, 1.54) is 6.92 Å². The molecule has 1 amide bonds. The first-order chi connectivity index (χ1) is 9.64. The second-order valence-electron chi connectivity index (χ2n) is 4.25. The van der Waals surface area contributed by atoms with Gasteiger partial charge in [-0.05, 0) is 31.2 Å². The number of carbonyl (C=O) groups excluding carboxylic acids is 2. The number of amides is 1. The van der Waals surface area contributed by atoms with Gasteiger partial charge in [0.25, 0.3) is 5.91 Å². The molecule has 9 heteroatoms. The second kappa shape index (κ2) is 6.64. The number of ether oxygens (including phenoxy) is 1. The topological polar surface area (TPSA) is 107 Å². The van der Waals surface area contributed by atoms with Crippen LogP contribution in [-0.4, -0.2) is 44.3 Å². The monoisotopic (exact) mass is 318 g/mol. The fraction of sp³-hybridized carbons (Fsp3) is 0.333. The molecule has 1 aromatic carbocycles. The zero-order valence-corrected chi connectivity index (χ0v) is 12.3. The van der Waals surface area contributed by atoms with E-state index in [0.717, 1.165) is 35.6 Å². The van der Waals surface area contributed by atoms with E-state index in [0.29, 0.717) is 0 Å². The summed E-state index contributed by atoms with van der Waals surface area (Å²) in [6.07, 6.45) is -1.15. The van der Waals surface area contributed by atoms with Gasteiger partial charge in [-0.3, -0.25) is 9.59 Å². The molecule has 0 saturated heterocycles. The molecule has 0 fully saturated rings. The Bertz CT molecular complexity index is 630. The van der Waals surface area contributed by atoms with Crippen molar-refractivity contribution >= 4 is 21.9 Å². The number of likely N-dealkylation sites (N-methyl/N-ethyl adjacent to an activating group) is 1. The van der Waals surface area contributed by atoms with Crippen LogP contribution in [0.1, 0.15) is 6.92 Å². The van der Waals surface area contributed by atoms with E-state index in [4.69, 9.17) is 5.73 Å². The lowest BCUT2D eigenvalue weighted by Crippen LogP contribution is -2.37. The van der Waals surface area contributed by atoms with Gasteiger partial charge in [-0.25, -0.2) is 12.8 Å². The first-order valence-electron chi connectivity index (χ1n) is 5.85. The molecule has 1 rings (SSSR count). The van der Waals surface area contributed by atoms with Gasteiger partial charge < -0.3 is 10.5 Å². The third-order valence-electron chi connectivity index (χ3n) is 2.58. The molecular formula is C12H15FN2O5S. The van der Waals surface area contributed by atoms with Gasteiger partial charge in [0.05, 0.1) is 4.90 Å². The number of primary amides is 1. The molecule has 0 aliphatic carbocycles. The van der Waals surface area contributed by atoms with Gasteiger partial charge in [0.2, 0.25) is 10.0 Å². The lowest BCUT2D eigenvalue weighted by atomic mass is 10.4. The van der Waals surface area contributed by atoms with E-state index < -0.39 is 40.4 Å². The summed E-state index contributed by atoms with van der Waals surface area (Å²) < 4.78 is 42.4. The molecule has 0 spiro atoms. The van der Waals surface area contributed by atoms with Crippen LogP contribution in [0.5, 0.6) is 0 Å². The number of sulfonamides is 1. The number of esters is 1. The van der Waals surface area contributed by atoms with Crippen molar-refractivity contribution in [1.82, 2.24) is 4.31 Å². The molecule has 2 N–H and O–H groups in total. The van der Waals surface area contributed by atoms with Crippen molar-refractivity contribution in [2.24, 2.45) is 5.73 Å². The quantitative estimate of drug-likeness (QED) is 0.735. The van der Waals surface area contributed by atoms with Gasteiger partial charge in [-0.1, -0.05) is 0 Å². The van der Waals surface area contributed by atoms with Crippen molar-refractivity contribution in [3.8, 4) is 0 Å². The largest absolute Gasteiger partial charge is 0.452 e. The van der Waals surface area contributed by atoms with Crippen LogP contribution in [0, 0.1) is 5.82 Å². The molecule has 0 aromatic heterocycles. The fourth-order valence-corrected chi connectivity index (χ4v) is 2.46. The van der Waals surface area contributed by atoms with Gasteiger partial charge in [0.1, 0.15) is 12.4 Å². The van der Waals surface area contributed by atoms with Crippen molar-refractivity contribution in [1.29, 1.82) is 0 Å². The summed E-state index contributed by atoms with van der Waals surface area (Å²) in [7, 11) is -2.80. The van der Waals surface area contributed by atoms with Crippen molar-refractivity contribution in [3.05, 3.63) is 30.1 Å². The van der Waals surface area contributed by atoms with E-state index in [-0.39, 0.29) is 4.90 Å². The van der Waals surface area contributed by atoms with Crippen LogP contribution in [0.4, 0.5) is 4.39 Å². The summed E-state index contributed by atoms with van der Waals surface area (Å²) in [6.45, 7) is 0.673. The summed E-state index contributed by atoms with van der Waals surface area (Å²) in [5, 5.41) is 0. The van der Waals surface area contributed by atoms with Gasteiger partial charge in [0.15, 0.2) is 6.10 Å². The zero-order chi connectivity index (χ0) is 16.2. The minimum atomic E-state index is -3.96. The minimum absolute atomic E-state index is 0.165. The number of hydrogen-bond donors (Lipinski definition) is 1. The average Bonchev–Trinajstić information content (AvgIpc) is 2.38. The third kappa shape index (κ3) is 4.50. The molecule has 21 heavy (non-hydrogen) atoms. The highest BCUT2D eigenvalue weighted by Crippen LogP contribution is 2.14. The Hall–Kier alpha value is -2.00. The molecule has 0 saturated carbocycles. The summed E-state index contributed by atoms with van der Waals surface area (Å²) >= 11 is 0. The van der Waals surface area contributed by atoms with Crippen LogP contribution in [0.3, 0.4) is 0 Å². The van der Waals surface area contributed by atoms with Crippen LogP contribution < -0.4 is 5.73 Å². The molecule has 0 aliphatic rings. The summed E-state index contributed by atoms with van der Waals surface area (Å²) in [6, 6.07) is 4.15. The van der Waals surface area contributed by atoms with Gasteiger partial charge in [-0.2, -0.15) is 4.31 Å². The van der Waals surface area contributed by atoms with Crippen molar-refractivity contribution < 1.29 is 27.1 Å². The highest BCUT2D eigenvalue weighted by atomic mass is 32.2. The number of nitrogens with zero attached hydrogens (tertiary/aromatic N) is 1. The number of nitrogens with two attached hydrogens (primary N) is 1. The highest BCUT2D eigenvalue weighted by Gasteiger charge is 2.25. The average molecular weight is 318 g/mol. The van der Waals surface area contributed by atoms with Crippen LogP contribution >= 0.6 is 0 Å². The number of rotatable bonds is 6. The highest BCUT2D eigenvalue weighted by molar-refractivity contribution is 7.89. The van der Waals surface area contributed by atoms with E-state index in [2.05, 4.69) is 4.74 Å². The van der Waals surface area contributed by atoms with E-state index in [1.54, 1.807) is 0 Å². The van der Waals surface area contributed by atoms with Gasteiger partial charge in [-0.15, -0.1) is 0 Å². The number of benzene rings is 1. The Morgan fingerprint density at radius 3 is 2.33 bits per heavy atom. The van der Waals surface area contributed by atoms with E-state index in [1.807, 2.05) is 0 Å². The normalized spacial score (nSPS) is 13.0. The smallest absolute Gasteiger partial charge is 0.322 e. The molecular weight excluding hydrogens is 303 g/mol. The van der Waals surface area contributed by atoms with Crippen LogP contribution in [-0.2, 0) is 24.3 Å². The fourth-order valence-electron chi connectivity index (χ4n) is 1.35. The van der Waals surface area contributed by atoms with Crippen LogP contribution in [0.15, 0.2) is 29.2 Å². The SMILES string of the molecule is C[C@@H](OC(=O)CN(C)S(=O)(=O)c1ccc(F)cc1)C(N)=O. The molecule has 0 aliphatic heterocycles. The predicted octanol–water partition coefficient (Wildman–Crippen LogP) is -0.137. The Labute approximate surface area is 121 Å². The number of hydrogen-bond acceptors (Lipinski definition) is 5. The summed E-state index contributed by atoms with van der Waals surface area (Å²) in [5.74, 6) is -2.34. The molecule has 0 heterocycles. The number of halogens is 1. The third-order valence-corrected chi connectivity index (χ3v) is 4.40. The molecule has 0 bridgehead atoms. The van der Waals surface area contributed by atoms with E-state index >= 15 is 0 Å². The first kappa shape index (κ1) is 17.1. The lowest BCUT2D eigenvalue weighted by molar-refractivity contribution is -0.153. The Morgan fingerprint density at radius 1 is 1.33 bits per heavy atom. The lowest BCUT2D eigenvalue weighted by Gasteiger charge is -2.17. The van der Waals surface area contributed by atoms with Crippen molar-refractivity contribution in [2.75, 3.05) is 13.6 Å². The minimum Gasteiger partial charge on any atom is -0.452 e. The molecule has 1 atom stereocenters. The Morgan fingerprint density at radius 2 is 1.86 bits per heavy atom. The maximum atomic E-state index is 12.8. The summed E-state index contributed by atoms with van der Waals surface area (Å²) in [4.78, 5) is 22.1. The van der Waals surface area contributed by atoms with Crippen molar-refractivity contribution in [3.63, 3.8) is 0 Å². The molecule has 7 nitrogen and oxygen atoms in total. The molecule has 0 unspecified atom stereocenters. The second-order valence-corrected chi connectivity index (χ2v) is 6.29. The molecule has 1 aromatic rings. The molecule has 116 valence electrons. The van der Waals surface area contributed by atoms with Crippen LogP contribution in [0.2, 0.25) is 0 Å². The predicted molar refractivity (Wildman–Crippen MR) is 71.0 cm³/mol. The zero-order valence-electron chi connectivity index (χ0n) is 11.4. The summed E-state index contributed by atoms with van der Waals surface area (Å²) in [5.41, 5.74) is 4.92. The number of carbonyl (C=O) groups is 2. The Balaban J connectivity index is 2.78. The standard InChI is InChI=1S/C12H15FN2O5S/c1-8(12(14)17)20-11(16)7-15(2)21(18,19)10-5-3-9(13)4-6-10/h3-6,8H,7H2,1-2H3,(H2,14,17)/t8-/m1/s1. The van der Waals surface area contributed by atoms with E-state index in [9.17, 15) is 22.4 Å². The maximum absolute atomic E-state index is 12.8. The van der Waals surface area contributed by atoms with Crippen molar-refractivity contribution in [2.45, 2.75) is 17.9 Å². The molecule has 0 radical (unpaired) electrons. The van der Waals surface area contributed by atoms with Crippen LogP contribution in [0.25, 0.3) is 0 Å². The maximum Gasteiger partial charge on any atom is 0.322 e. The first-order valence-corrected chi connectivity index (χ1v) is 7.29.